The Morgan fingerprint density at radius 3 is 2.62 bits per heavy atom. The molecule has 34 heavy (non-hydrogen) atoms. The lowest BCUT2D eigenvalue weighted by Gasteiger charge is -2.28. The number of nitrogens with zero attached hydrogens (tertiary/aromatic N) is 4. The molecule has 0 radical (unpaired) electrons. The normalized spacial score (nSPS) is 15.6. The van der Waals surface area contributed by atoms with E-state index in [1.165, 1.54) is 0 Å². The molecule has 4 aromatic rings. The lowest BCUT2D eigenvalue weighted by Crippen LogP contribution is -2.36. The molecule has 2 aliphatic rings. The number of anilines is 1. The average Bonchev–Trinajstić information content (AvgIpc) is 3.21. The SMILES string of the molecule is Cn1cc(-c2ccn(Cc3ccc4c(c3)OCCO4)c(=O)c2)c2cc(N3CCOCC3)cnc21. The summed E-state index contributed by atoms with van der Waals surface area (Å²) in [5.74, 6) is 1.48. The Balaban J connectivity index is 1.32. The van der Waals surface area contributed by atoms with Crippen LogP contribution >= 0.6 is 0 Å². The van der Waals surface area contributed by atoms with Gasteiger partial charge in [-0.3, -0.25) is 4.79 Å². The maximum absolute atomic E-state index is 13.0. The summed E-state index contributed by atoms with van der Waals surface area (Å²) >= 11 is 0. The van der Waals surface area contributed by atoms with Gasteiger partial charge < -0.3 is 28.2 Å². The van der Waals surface area contributed by atoms with E-state index in [0.29, 0.717) is 19.8 Å². The fourth-order valence-corrected chi connectivity index (χ4v) is 4.66. The van der Waals surface area contributed by atoms with Crippen molar-refractivity contribution >= 4 is 16.7 Å². The topological polar surface area (TPSA) is 70.8 Å². The van der Waals surface area contributed by atoms with Crippen molar-refractivity contribution in [2.24, 2.45) is 7.05 Å². The molecule has 0 amide bonds. The molecule has 1 fully saturated rings. The summed E-state index contributed by atoms with van der Waals surface area (Å²) in [4.78, 5) is 20.0. The van der Waals surface area contributed by atoms with Crippen molar-refractivity contribution in [3.63, 3.8) is 0 Å². The van der Waals surface area contributed by atoms with Crippen molar-refractivity contribution in [2.75, 3.05) is 44.4 Å². The maximum Gasteiger partial charge on any atom is 0.251 e. The molecule has 0 bridgehead atoms. The minimum absolute atomic E-state index is 0.0540. The quantitative estimate of drug-likeness (QED) is 0.468. The standard InChI is InChI=1S/C26H26N4O4/c1-28-17-22(21-14-20(15-27-26(21)28)29-6-8-32-9-7-29)19-4-5-30(25(31)13-19)16-18-2-3-23-24(12-18)34-11-10-33-23/h2-5,12-15,17H,6-11,16H2,1H3. The summed E-state index contributed by atoms with van der Waals surface area (Å²) < 4.78 is 20.5. The Labute approximate surface area is 196 Å². The maximum atomic E-state index is 13.0. The van der Waals surface area contributed by atoms with Crippen LogP contribution in [0.15, 0.2) is 59.8 Å². The van der Waals surface area contributed by atoms with Crippen molar-refractivity contribution in [1.82, 2.24) is 14.1 Å². The molecular weight excluding hydrogens is 432 g/mol. The lowest BCUT2D eigenvalue weighted by molar-refractivity contribution is 0.122. The zero-order valence-electron chi connectivity index (χ0n) is 19.1. The van der Waals surface area contributed by atoms with Gasteiger partial charge in [0.05, 0.1) is 31.6 Å². The van der Waals surface area contributed by atoms with E-state index in [4.69, 9.17) is 19.2 Å². The number of hydrogen-bond donors (Lipinski definition) is 0. The molecule has 8 heteroatoms. The van der Waals surface area contributed by atoms with Crippen molar-refractivity contribution in [3.8, 4) is 22.6 Å². The van der Waals surface area contributed by atoms with Crippen LogP contribution in [0.1, 0.15) is 5.56 Å². The summed E-state index contributed by atoms with van der Waals surface area (Å²) in [6.07, 6.45) is 5.82. The molecule has 0 aliphatic carbocycles. The largest absolute Gasteiger partial charge is 0.486 e. The predicted molar refractivity (Wildman–Crippen MR) is 130 cm³/mol. The molecule has 5 heterocycles. The van der Waals surface area contributed by atoms with Gasteiger partial charge in [-0.2, -0.15) is 0 Å². The number of morpholine rings is 1. The molecule has 0 unspecified atom stereocenters. The highest BCUT2D eigenvalue weighted by atomic mass is 16.6. The molecule has 8 nitrogen and oxygen atoms in total. The number of ether oxygens (including phenoxy) is 3. The van der Waals surface area contributed by atoms with Crippen LogP contribution in [0.3, 0.4) is 0 Å². The molecule has 2 aliphatic heterocycles. The van der Waals surface area contributed by atoms with Gasteiger partial charge >= 0.3 is 0 Å². The highest BCUT2D eigenvalue weighted by molar-refractivity contribution is 5.95. The molecule has 0 saturated carbocycles. The van der Waals surface area contributed by atoms with Crippen LogP contribution in [0.25, 0.3) is 22.2 Å². The van der Waals surface area contributed by atoms with E-state index < -0.39 is 0 Å². The molecule has 1 aromatic carbocycles. The molecular formula is C26H26N4O4. The first kappa shape index (κ1) is 20.8. The van der Waals surface area contributed by atoms with Crippen LogP contribution in [0.5, 0.6) is 11.5 Å². The van der Waals surface area contributed by atoms with Gasteiger partial charge in [-0.1, -0.05) is 6.07 Å². The predicted octanol–water partition coefficient (Wildman–Crippen LogP) is 3.06. The van der Waals surface area contributed by atoms with E-state index in [1.807, 2.05) is 54.5 Å². The van der Waals surface area contributed by atoms with Crippen molar-refractivity contribution in [2.45, 2.75) is 6.54 Å². The van der Waals surface area contributed by atoms with Crippen LogP contribution in [-0.4, -0.2) is 53.6 Å². The van der Waals surface area contributed by atoms with Gasteiger partial charge in [0.1, 0.15) is 18.9 Å². The highest BCUT2D eigenvalue weighted by Gasteiger charge is 2.17. The second-order valence-corrected chi connectivity index (χ2v) is 8.68. The Hall–Kier alpha value is -3.78. The number of hydrogen-bond acceptors (Lipinski definition) is 6. The van der Waals surface area contributed by atoms with E-state index in [0.717, 1.165) is 71.2 Å². The van der Waals surface area contributed by atoms with E-state index in [2.05, 4.69) is 11.0 Å². The van der Waals surface area contributed by atoms with Crippen LogP contribution in [0.4, 0.5) is 5.69 Å². The summed E-state index contributed by atoms with van der Waals surface area (Å²) in [7, 11) is 1.98. The summed E-state index contributed by atoms with van der Waals surface area (Å²) in [6, 6.07) is 11.7. The smallest absolute Gasteiger partial charge is 0.251 e. The first-order chi connectivity index (χ1) is 16.7. The first-order valence-corrected chi connectivity index (χ1v) is 11.5. The molecule has 174 valence electrons. The first-order valence-electron chi connectivity index (χ1n) is 11.5. The molecule has 6 rings (SSSR count). The van der Waals surface area contributed by atoms with E-state index in [-0.39, 0.29) is 5.56 Å². The van der Waals surface area contributed by atoms with E-state index in [9.17, 15) is 4.79 Å². The minimum Gasteiger partial charge on any atom is -0.486 e. The summed E-state index contributed by atoms with van der Waals surface area (Å²) in [5, 5.41) is 1.04. The second-order valence-electron chi connectivity index (χ2n) is 8.68. The van der Waals surface area contributed by atoms with Gasteiger partial charge in [0.15, 0.2) is 11.5 Å². The number of aryl methyl sites for hydroxylation is 1. The highest BCUT2D eigenvalue weighted by Crippen LogP contribution is 2.32. The average molecular weight is 459 g/mol. The molecule has 0 spiro atoms. The minimum atomic E-state index is -0.0540. The Kier molecular flexibility index (Phi) is 5.22. The molecule has 0 N–H and O–H groups in total. The van der Waals surface area contributed by atoms with Crippen LogP contribution in [0.2, 0.25) is 0 Å². The van der Waals surface area contributed by atoms with Crippen LogP contribution < -0.4 is 19.9 Å². The molecule has 3 aromatic heterocycles. The van der Waals surface area contributed by atoms with Gasteiger partial charge in [-0.15, -0.1) is 0 Å². The summed E-state index contributed by atoms with van der Waals surface area (Å²) in [6.45, 7) is 4.72. The van der Waals surface area contributed by atoms with E-state index >= 15 is 0 Å². The fourth-order valence-electron chi connectivity index (χ4n) is 4.66. The zero-order valence-corrected chi connectivity index (χ0v) is 19.1. The zero-order chi connectivity index (χ0) is 23.1. The van der Waals surface area contributed by atoms with Crippen molar-refractivity contribution in [3.05, 3.63) is 70.9 Å². The van der Waals surface area contributed by atoms with Crippen molar-refractivity contribution in [1.29, 1.82) is 0 Å². The number of rotatable bonds is 4. The van der Waals surface area contributed by atoms with Crippen LogP contribution in [0, 0.1) is 0 Å². The van der Waals surface area contributed by atoms with E-state index in [1.54, 1.807) is 10.6 Å². The third-order valence-corrected chi connectivity index (χ3v) is 6.44. The fraction of sp³-hybridized carbons (Fsp3) is 0.308. The Morgan fingerprint density at radius 1 is 0.971 bits per heavy atom. The third-order valence-electron chi connectivity index (χ3n) is 6.44. The number of benzene rings is 1. The molecule has 0 atom stereocenters. The van der Waals surface area contributed by atoms with Gasteiger partial charge in [0.25, 0.3) is 5.56 Å². The Bertz CT molecular complexity index is 1420. The van der Waals surface area contributed by atoms with Gasteiger partial charge in [-0.05, 0) is 35.4 Å². The second kappa shape index (κ2) is 8.53. The summed E-state index contributed by atoms with van der Waals surface area (Å²) in [5.41, 5.74) is 4.80. The Morgan fingerprint density at radius 2 is 1.79 bits per heavy atom. The number of fused-ring (bicyclic) bond motifs is 2. The monoisotopic (exact) mass is 458 g/mol. The van der Waals surface area contributed by atoms with Gasteiger partial charge in [0, 0.05) is 49.5 Å². The number of aromatic nitrogens is 3. The van der Waals surface area contributed by atoms with Gasteiger partial charge in [0.2, 0.25) is 0 Å². The number of pyridine rings is 2. The van der Waals surface area contributed by atoms with Crippen LogP contribution in [-0.2, 0) is 18.3 Å². The molecule has 1 saturated heterocycles. The van der Waals surface area contributed by atoms with Gasteiger partial charge in [-0.25, -0.2) is 4.98 Å². The lowest BCUT2D eigenvalue weighted by atomic mass is 10.1. The van der Waals surface area contributed by atoms with Crippen molar-refractivity contribution < 1.29 is 14.2 Å². The third kappa shape index (κ3) is 3.80.